The summed E-state index contributed by atoms with van der Waals surface area (Å²) in [6.07, 6.45) is 4.51. The van der Waals surface area contributed by atoms with E-state index in [1.807, 2.05) is 0 Å². The van der Waals surface area contributed by atoms with Crippen LogP contribution in [0.5, 0.6) is 0 Å². The largest absolute Gasteiger partial charge is 0.338 e. The number of aryl methyl sites for hydroxylation is 1. The number of hydrogen-bond acceptors (Lipinski definition) is 5. The SMILES string of the molecule is CCCc1noc(CN2CCC(CNCC)CC2)n1. The molecule has 1 aliphatic heterocycles. The Morgan fingerprint density at radius 3 is 2.79 bits per heavy atom. The summed E-state index contributed by atoms with van der Waals surface area (Å²) >= 11 is 0. The van der Waals surface area contributed by atoms with Gasteiger partial charge in [-0.3, -0.25) is 4.90 Å². The fourth-order valence-corrected chi connectivity index (χ4v) is 2.57. The van der Waals surface area contributed by atoms with Crippen LogP contribution < -0.4 is 5.32 Å². The molecule has 5 nitrogen and oxygen atoms in total. The highest BCUT2D eigenvalue weighted by atomic mass is 16.5. The summed E-state index contributed by atoms with van der Waals surface area (Å²) in [6, 6.07) is 0. The molecule has 0 saturated carbocycles. The second kappa shape index (κ2) is 7.60. The van der Waals surface area contributed by atoms with Crippen molar-refractivity contribution in [2.75, 3.05) is 26.2 Å². The Bertz CT molecular complexity index is 358. The average Bonchev–Trinajstić information content (AvgIpc) is 2.86. The minimum Gasteiger partial charge on any atom is -0.338 e. The molecule has 0 amide bonds. The summed E-state index contributed by atoms with van der Waals surface area (Å²) in [4.78, 5) is 6.85. The summed E-state index contributed by atoms with van der Waals surface area (Å²) in [6.45, 7) is 9.62. The van der Waals surface area contributed by atoms with Gasteiger partial charge in [0.15, 0.2) is 5.82 Å². The van der Waals surface area contributed by atoms with Crippen LogP contribution >= 0.6 is 0 Å². The van der Waals surface area contributed by atoms with E-state index in [2.05, 4.69) is 34.2 Å². The van der Waals surface area contributed by atoms with Gasteiger partial charge in [0.05, 0.1) is 6.54 Å². The lowest BCUT2D eigenvalue weighted by molar-refractivity contribution is 0.158. The number of piperidine rings is 1. The third-order valence-electron chi connectivity index (χ3n) is 3.73. The van der Waals surface area contributed by atoms with Gasteiger partial charge < -0.3 is 9.84 Å². The first-order valence-electron chi connectivity index (χ1n) is 7.56. The molecule has 2 rings (SSSR count). The van der Waals surface area contributed by atoms with Crippen LogP contribution in [0.2, 0.25) is 0 Å². The van der Waals surface area contributed by atoms with E-state index < -0.39 is 0 Å². The smallest absolute Gasteiger partial charge is 0.240 e. The Kier molecular flexibility index (Phi) is 5.79. The van der Waals surface area contributed by atoms with Gasteiger partial charge in [-0.1, -0.05) is 19.0 Å². The molecule has 0 radical (unpaired) electrons. The van der Waals surface area contributed by atoms with Gasteiger partial charge in [-0.2, -0.15) is 4.98 Å². The van der Waals surface area contributed by atoms with Gasteiger partial charge in [0, 0.05) is 6.42 Å². The number of hydrogen-bond donors (Lipinski definition) is 1. The monoisotopic (exact) mass is 266 g/mol. The van der Waals surface area contributed by atoms with Crippen LogP contribution in [0, 0.1) is 5.92 Å². The highest BCUT2D eigenvalue weighted by Crippen LogP contribution is 2.18. The summed E-state index contributed by atoms with van der Waals surface area (Å²) in [5.74, 6) is 2.45. The van der Waals surface area contributed by atoms with Crippen LogP contribution in [-0.2, 0) is 13.0 Å². The lowest BCUT2D eigenvalue weighted by Crippen LogP contribution is -2.36. The van der Waals surface area contributed by atoms with Crippen molar-refractivity contribution >= 4 is 0 Å². The molecule has 0 unspecified atom stereocenters. The molecule has 108 valence electrons. The molecule has 1 saturated heterocycles. The third-order valence-corrected chi connectivity index (χ3v) is 3.73. The summed E-state index contributed by atoms with van der Waals surface area (Å²) < 4.78 is 5.30. The maximum absolute atomic E-state index is 5.30. The van der Waals surface area contributed by atoms with Crippen LogP contribution in [0.15, 0.2) is 4.52 Å². The van der Waals surface area contributed by atoms with Gasteiger partial charge in [-0.25, -0.2) is 0 Å². The molecule has 0 aliphatic carbocycles. The molecule has 0 aromatic carbocycles. The molecule has 1 aromatic rings. The Morgan fingerprint density at radius 1 is 1.32 bits per heavy atom. The van der Waals surface area contributed by atoms with E-state index in [0.29, 0.717) is 0 Å². The van der Waals surface area contributed by atoms with Crippen LogP contribution in [0.3, 0.4) is 0 Å². The van der Waals surface area contributed by atoms with E-state index in [1.165, 1.54) is 12.8 Å². The maximum Gasteiger partial charge on any atom is 0.240 e. The molecular formula is C14H26N4O. The standard InChI is InChI=1S/C14H26N4O/c1-3-5-13-16-14(19-17-13)11-18-8-6-12(7-9-18)10-15-4-2/h12,15H,3-11H2,1-2H3. The zero-order chi connectivity index (χ0) is 13.5. The normalized spacial score (nSPS) is 18.0. The summed E-state index contributed by atoms with van der Waals surface area (Å²) in [5, 5.41) is 7.44. The van der Waals surface area contributed by atoms with E-state index in [0.717, 1.165) is 63.2 Å². The van der Waals surface area contributed by atoms with Crippen molar-refractivity contribution in [2.24, 2.45) is 5.92 Å². The van der Waals surface area contributed by atoms with E-state index in [9.17, 15) is 0 Å². The van der Waals surface area contributed by atoms with Crippen molar-refractivity contribution in [3.05, 3.63) is 11.7 Å². The first-order valence-corrected chi connectivity index (χ1v) is 7.56. The van der Waals surface area contributed by atoms with Gasteiger partial charge in [0.1, 0.15) is 0 Å². The molecule has 1 aliphatic rings. The minimum atomic E-state index is 0.772. The van der Waals surface area contributed by atoms with Crippen molar-refractivity contribution in [3.63, 3.8) is 0 Å². The van der Waals surface area contributed by atoms with Crippen LogP contribution in [0.25, 0.3) is 0 Å². The number of likely N-dealkylation sites (tertiary alicyclic amines) is 1. The number of nitrogens with zero attached hydrogens (tertiary/aromatic N) is 3. The molecular weight excluding hydrogens is 240 g/mol. The molecule has 5 heteroatoms. The van der Waals surface area contributed by atoms with Crippen molar-refractivity contribution in [2.45, 2.75) is 46.1 Å². The van der Waals surface area contributed by atoms with Gasteiger partial charge in [0.2, 0.25) is 5.89 Å². The van der Waals surface area contributed by atoms with Crippen molar-refractivity contribution in [1.82, 2.24) is 20.4 Å². The summed E-state index contributed by atoms with van der Waals surface area (Å²) in [7, 11) is 0. The second-order valence-electron chi connectivity index (χ2n) is 5.38. The van der Waals surface area contributed by atoms with Crippen molar-refractivity contribution < 1.29 is 4.52 Å². The Labute approximate surface area is 115 Å². The average molecular weight is 266 g/mol. The quantitative estimate of drug-likeness (QED) is 0.816. The topological polar surface area (TPSA) is 54.2 Å². The zero-order valence-corrected chi connectivity index (χ0v) is 12.2. The third kappa shape index (κ3) is 4.58. The molecule has 1 fully saturated rings. The highest BCUT2D eigenvalue weighted by Gasteiger charge is 2.20. The fourth-order valence-electron chi connectivity index (χ4n) is 2.57. The predicted octanol–water partition coefficient (Wildman–Crippen LogP) is 1.84. The highest BCUT2D eigenvalue weighted by molar-refractivity contribution is 4.87. The van der Waals surface area contributed by atoms with E-state index in [1.54, 1.807) is 0 Å². The van der Waals surface area contributed by atoms with E-state index in [-0.39, 0.29) is 0 Å². The molecule has 2 heterocycles. The van der Waals surface area contributed by atoms with Gasteiger partial charge in [-0.05, 0) is 51.4 Å². The predicted molar refractivity (Wildman–Crippen MR) is 74.8 cm³/mol. The zero-order valence-electron chi connectivity index (χ0n) is 12.2. The number of nitrogens with one attached hydrogen (secondary N) is 1. The Balaban J connectivity index is 1.72. The van der Waals surface area contributed by atoms with Crippen LogP contribution in [-0.4, -0.2) is 41.2 Å². The van der Waals surface area contributed by atoms with Crippen molar-refractivity contribution in [1.29, 1.82) is 0 Å². The lowest BCUT2D eigenvalue weighted by atomic mass is 9.97. The molecule has 1 N–H and O–H groups in total. The van der Waals surface area contributed by atoms with Crippen molar-refractivity contribution in [3.8, 4) is 0 Å². The first-order chi connectivity index (χ1) is 9.31. The lowest BCUT2D eigenvalue weighted by Gasteiger charge is -2.30. The van der Waals surface area contributed by atoms with E-state index >= 15 is 0 Å². The van der Waals surface area contributed by atoms with E-state index in [4.69, 9.17) is 4.52 Å². The first kappa shape index (κ1) is 14.5. The molecule has 0 spiro atoms. The molecule has 1 aromatic heterocycles. The molecule has 0 atom stereocenters. The molecule has 0 bridgehead atoms. The van der Waals surface area contributed by atoms with Gasteiger partial charge in [0.25, 0.3) is 0 Å². The maximum atomic E-state index is 5.30. The molecule has 19 heavy (non-hydrogen) atoms. The number of rotatable bonds is 7. The summed E-state index contributed by atoms with van der Waals surface area (Å²) in [5.41, 5.74) is 0. The fraction of sp³-hybridized carbons (Fsp3) is 0.857. The van der Waals surface area contributed by atoms with Gasteiger partial charge in [-0.15, -0.1) is 0 Å². The Morgan fingerprint density at radius 2 is 2.11 bits per heavy atom. The van der Waals surface area contributed by atoms with Gasteiger partial charge >= 0.3 is 0 Å². The van der Waals surface area contributed by atoms with Crippen LogP contribution in [0.1, 0.15) is 44.8 Å². The van der Waals surface area contributed by atoms with Crippen LogP contribution in [0.4, 0.5) is 0 Å². The second-order valence-corrected chi connectivity index (χ2v) is 5.38. The number of aromatic nitrogens is 2. The minimum absolute atomic E-state index is 0.772. The Hall–Kier alpha value is -0.940.